The van der Waals surface area contributed by atoms with Gasteiger partial charge in [-0.3, -0.25) is 5.10 Å². The molecule has 4 N–H and O–H groups in total. The van der Waals surface area contributed by atoms with Crippen molar-refractivity contribution in [2.75, 3.05) is 17.7 Å². The molecular weight excluding hydrogens is 232 g/mol. The van der Waals surface area contributed by atoms with Crippen molar-refractivity contribution in [1.29, 1.82) is 0 Å². The van der Waals surface area contributed by atoms with Crippen LogP contribution in [0.1, 0.15) is 25.5 Å². The number of aromatic amines is 1. The van der Waals surface area contributed by atoms with Gasteiger partial charge in [-0.25, -0.2) is 4.98 Å². The zero-order valence-electron chi connectivity index (χ0n) is 10.3. The molecule has 0 saturated heterocycles. The Labute approximate surface area is 105 Å². The van der Waals surface area contributed by atoms with E-state index in [-0.39, 0.29) is 6.04 Å². The van der Waals surface area contributed by atoms with Crippen LogP contribution in [0.5, 0.6) is 5.88 Å². The van der Waals surface area contributed by atoms with Gasteiger partial charge in [0.05, 0.1) is 18.8 Å². The van der Waals surface area contributed by atoms with Gasteiger partial charge in [-0.05, 0) is 13.8 Å². The van der Waals surface area contributed by atoms with Crippen LogP contribution in [-0.4, -0.2) is 26.8 Å². The highest BCUT2D eigenvalue weighted by atomic mass is 16.5. The van der Waals surface area contributed by atoms with Crippen molar-refractivity contribution in [3.63, 3.8) is 0 Å². The van der Waals surface area contributed by atoms with E-state index in [1.165, 1.54) is 6.33 Å². The molecule has 0 spiro atoms. The van der Waals surface area contributed by atoms with E-state index < -0.39 is 0 Å². The first-order valence-electron chi connectivity index (χ1n) is 5.70. The lowest BCUT2D eigenvalue weighted by Gasteiger charge is -2.15. The second-order valence-electron chi connectivity index (χ2n) is 3.77. The second kappa shape index (κ2) is 5.35. The van der Waals surface area contributed by atoms with Gasteiger partial charge in [0.15, 0.2) is 5.82 Å². The molecule has 0 bridgehead atoms. The van der Waals surface area contributed by atoms with Crippen LogP contribution in [0.4, 0.5) is 11.5 Å². The fourth-order valence-corrected chi connectivity index (χ4v) is 1.53. The second-order valence-corrected chi connectivity index (χ2v) is 3.77. The highest BCUT2D eigenvalue weighted by Crippen LogP contribution is 2.27. The van der Waals surface area contributed by atoms with Gasteiger partial charge in [0, 0.05) is 11.8 Å². The molecular formula is C11H16N6O. The molecule has 0 aliphatic heterocycles. The number of anilines is 2. The van der Waals surface area contributed by atoms with Crippen LogP contribution in [-0.2, 0) is 0 Å². The lowest BCUT2D eigenvalue weighted by Crippen LogP contribution is -2.11. The van der Waals surface area contributed by atoms with Crippen LogP contribution in [0.3, 0.4) is 0 Å². The van der Waals surface area contributed by atoms with Crippen LogP contribution >= 0.6 is 0 Å². The average Bonchev–Trinajstić information content (AvgIpc) is 2.88. The highest BCUT2D eigenvalue weighted by Gasteiger charge is 2.12. The third kappa shape index (κ3) is 2.50. The van der Waals surface area contributed by atoms with Crippen molar-refractivity contribution < 1.29 is 4.74 Å². The Morgan fingerprint density at radius 2 is 2.33 bits per heavy atom. The van der Waals surface area contributed by atoms with E-state index in [4.69, 9.17) is 10.5 Å². The molecule has 1 atom stereocenters. The summed E-state index contributed by atoms with van der Waals surface area (Å²) in [6.45, 7) is 4.38. The largest absolute Gasteiger partial charge is 0.476 e. The van der Waals surface area contributed by atoms with Gasteiger partial charge in [0.2, 0.25) is 5.88 Å². The summed E-state index contributed by atoms with van der Waals surface area (Å²) in [4.78, 5) is 8.10. The topological polar surface area (TPSA) is 102 Å². The molecule has 2 rings (SSSR count). The molecule has 0 aliphatic carbocycles. The van der Waals surface area contributed by atoms with Gasteiger partial charge in [0.25, 0.3) is 0 Å². The van der Waals surface area contributed by atoms with E-state index in [0.29, 0.717) is 24.0 Å². The Morgan fingerprint density at radius 1 is 1.50 bits per heavy atom. The zero-order chi connectivity index (χ0) is 13.0. The minimum Gasteiger partial charge on any atom is -0.476 e. The first-order valence-corrected chi connectivity index (χ1v) is 5.70. The van der Waals surface area contributed by atoms with Gasteiger partial charge < -0.3 is 15.8 Å². The van der Waals surface area contributed by atoms with Crippen molar-refractivity contribution in [3.8, 4) is 5.88 Å². The van der Waals surface area contributed by atoms with Crippen LogP contribution in [0.2, 0.25) is 0 Å². The fraction of sp³-hybridized carbons (Fsp3) is 0.364. The maximum atomic E-state index is 5.94. The molecule has 2 aromatic heterocycles. The molecule has 7 nitrogen and oxygen atoms in total. The highest BCUT2D eigenvalue weighted by molar-refractivity contribution is 5.66. The van der Waals surface area contributed by atoms with E-state index in [1.54, 1.807) is 6.20 Å². The number of aromatic nitrogens is 4. The van der Waals surface area contributed by atoms with Crippen molar-refractivity contribution in [1.82, 2.24) is 20.2 Å². The zero-order valence-corrected chi connectivity index (χ0v) is 10.3. The van der Waals surface area contributed by atoms with E-state index in [1.807, 2.05) is 20.0 Å². The molecule has 96 valence electrons. The van der Waals surface area contributed by atoms with Crippen LogP contribution in [0.25, 0.3) is 0 Å². The van der Waals surface area contributed by atoms with E-state index in [2.05, 4.69) is 25.5 Å². The minimum absolute atomic E-state index is 0.0374. The number of nitrogens with two attached hydrogens (primary N) is 1. The first kappa shape index (κ1) is 12.2. The summed E-state index contributed by atoms with van der Waals surface area (Å²) in [5.41, 5.74) is 7.37. The standard InChI is InChI=1S/C11H16N6O/c1-3-18-11-9(12)10(13-6-14-11)17-7(2)8-4-15-16-5-8/h4-7H,3,12H2,1-2H3,(H,15,16)(H,13,14,17). The predicted octanol–water partition coefficient (Wildman–Crippen LogP) is 1.35. The van der Waals surface area contributed by atoms with Gasteiger partial charge in [-0.2, -0.15) is 10.1 Å². The number of ether oxygens (including phenoxy) is 1. The summed E-state index contributed by atoms with van der Waals surface area (Å²) < 4.78 is 5.31. The molecule has 0 amide bonds. The monoisotopic (exact) mass is 248 g/mol. The Kier molecular flexibility index (Phi) is 3.61. The molecule has 0 aliphatic rings. The lowest BCUT2D eigenvalue weighted by atomic mass is 10.2. The van der Waals surface area contributed by atoms with E-state index in [0.717, 1.165) is 5.56 Å². The summed E-state index contributed by atoms with van der Waals surface area (Å²) in [6.07, 6.45) is 4.99. The smallest absolute Gasteiger partial charge is 0.242 e. The van der Waals surface area contributed by atoms with Gasteiger partial charge in [0.1, 0.15) is 12.0 Å². The number of hydrogen-bond acceptors (Lipinski definition) is 6. The van der Waals surface area contributed by atoms with Crippen molar-refractivity contribution in [2.24, 2.45) is 0 Å². The Bertz CT molecular complexity index is 498. The summed E-state index contributed by atoms with van der Waals surface area (Å²) in [5.74, 6) is 0.955. The number of nitrogen functional groups attached to an aromatic ring is 1. The van der Waals surface area contributed by atoms with Crippen LogP contribution < -0.4 is 15.8 Å². The van der Waals surface area contributed by atoms with Crippen LogP contribution in [0, 0.1) is 0 Å². The van der Waals surface area contributed by atoms with Crippen molar-refractivity contribution in [2.45, 2.75) is 19.9 Å². The number of H-pyrrole nitrogens is 1. The summed E-state index contributed by atoms with van der Waals surface area (Å²) in [6, 6.07) is 0.0374. The molecule has 2 aromatic rings. The Balaban J connectivity index is 2.16. The summed E-state index contributed by atoms with van der Waals surface area (Å²) in [7, 11) is 0. The van der Waals surface area contributed by atoms with Crippen LogP contribution in [0.15, 0.2) is 18.7 Å². The lowest BCUT2D eigenvalue weighted by molar-refractivity contribution is 0.328. The van der Waals surface area contributed by atoms with E-state index in [9.17, 15) is 0 Å². The molecule has 18 heavy (non-hydrogen) atoms. The normalized spacial score (nSPS) is 12.1. The number of hydrogen-bond donors (Lipinski definition) is 3. The quantitative estimate of drug-likeness (QED) is 0.738. The van der Waals surface area contributed by atoms with Crippen molar-refractivity contribution >= 4 is 11.5 Å². The molecule has 0 aromatic carbocycles. The van der Waals surface area contributed by atoms with Gasteiger partial charge in [-0.1, -0.05) is 0 Å². The maximum absolute atomic E-state index is 5.94. The third-order valence-electron chi connectivity index (χ3n) is 2.50. The minimum atomic E-state index is 0.0374. The number of nitrogens with zero attached hydrogens (tertiary/aromatic N) is 3. The SMILES string of the molecule is CCOc1ncnc(NC(C)c2cn[nH]c2)c1N. The Morgan fingerprint density at radius 3 is 3.00 bits per heavy atom. The fourth-order valence-electron chi connectivity index (χ4n) is 1.53. The maximum Gasteiger partial charge on any atom is 0.242 e. The van der Waals surface area contributed by atoms with Gasteiger partial charge in [-0.15, -0.1) is 0 Å². The molecule has 0 saturated carbocycles. The van der Waals surface area contributed by atoms with Gasteiger partial charge >= 0.3 is 0 Å². The first-order chi connectivity index (χ1) is 8.72. The molecule has 7 heteroatoms. The van der Waals surface area contributed by atoms with Crippen molar-refractivity contribution in [3.05, 3.63) is 24.3 Å². The third-order valence-corrected chi connectivity index (χ3v) is 2.50. The molecule has 2 heterocycles. The average molecular weight is 248 g/mol. The number of nitrogens with one attached hydrogen (secondary N) is 2. The predicted molar refractivity (Wildman–Crippen MR) is 68.2 cm³/mol. The molecule has 0 fully saturated rings. The molecule has 1 unspecified atom stereocenters. The number of rotatable bonds is 5. The molecule has 0 radical (unpaired) electrons. The van der Waals surface area contributed by atoms with E-state index >= 15 is 0 Å². The summed E-state index contributed by atoms with van der Waals surface area (Å²) >= 11 is 0. The Hall–Kier alpha value is -2.31. The summed E-state index contributed by atoms with van der Waals surface area (Å²) in [5, 5.41) is 9.86.